The number of carbonyl (C=O) groups excluding carboxylic acids is 1. The fraction of sp³-hybridized carbons (Fsp3) is 0.500. The molecule has 4 nitrogen and oxygen atoms in total. The average molecular weight is 250 g/mol. The number of ether oxygens (including phenoxy) is 1. The normalized spacial score (nSPS) is 11.3. The van der Waals surface area contributed by atoms with Crippen LogP contribution in [0, 0.1) is 5.41 Å². The number of nitrogen functional groups attached to an aromatic ring is 1. The number of benzene rings is 1. The molecule has 1 amide bonds. The molecular formula is C14H22N2O2. The van der Waals surface area contributed by atoms with Gasteiger partial charge in [-0.2, -0.15) is 0 Å². The van der Waals surface area contributed by atoms with Crippen LogP contribution in [0.5, 0.6) is 0 Å². The van der Waals surface area contributed by atoms with Crippen LogP contribution in [0.15, 0.2) is 24.3 Å². The molecule has 0 unspecified atom stereocenters. The molecule has 0 aliphatic carbocycles. The highest BCUT2D eigenvalue weighted by molar-refractivity contribution is 5.92. The van der Waals surface area contributed by atoms with E-state index in [0.717, 1.165) is 6.42 Å². The minimum atomic E-state index is -0.158. The summed E-state index contributed by atoms with van der Waals surface area (Å²) in [6.07, 6.45) is 0.929. The smallest absolute Gasteiger partial charge is 0.250 e. The number of hydrogen-bond acceptors (Lipinski definition) is 3. The predicted molar refractivity (Wildman–Crippen MR) is 74.4 cm³/mol. The first-order chi connectivity index (χ1) is 8.37. The van der Waals surface area contributed by atoms with Crippen LogP contribution in [0.4, 0.5) is 11.4 Å². The molecular weight excluding hydrogens is 228 g/mol. The van der Waals surface area contributed by atoms with Gasteiger partial charge < -0.3 is 15.8 Å². The van der Waals surface area contributed by atoms with Gasteiger partial charge in [0, 0.05) is 18.0 Å². The van der Waals surface area contributed by atoms with Crippen molar-refractivity contribution in [3.05, 3.63) is 24.3 Å². The van der Waals surface area contributed by atoms with Gasteiger partial charge in [0.25, 0.3) is 0 Å². The second-order valence-corrected chi connectivity index (χ2v) is 5.54. The van der Waals surface area contributed by atoms with E-state index in [1.165, 1.54) is 0 Å². The largest absolute Gasteiger partial charge is 0.399 e. The van der Waals surface area contributed by atoms with Gasteiger partial charge in [0.2, 0.25) is 5.91 Å². The summed E-state index contributed by atoms with van der Waals surface area (Å²) in [5.74, 6) is -0.158. The molecule has 3 N–H and O–H groups in total. The van der Waals surface area contributed by atoms with Crippen molar-refractivity contribution in [2.75, 3.05) is 24.3 Å². The van der Waals surface area contributed by atoms with Crippen molar-refractivity contribution < 1.29 is 9.53 Å². The number of nitrogens with two attached hydrogens (primary N) is 1. The highest BCUT2D eigenvalue weighted by atomic mass is 16.5. The molecule has 0 radical (unpaired) electrons. The van der Waals surface area contributed by atoms with E-state index in [4.69, 9.17) is 10.5 Å². The lowest BCUT2D eigenvalue weighted by Gasteiger charge is -2.17. The molecule has 0 aromatic heterocycles. The third-order valence-electron chi connectivity index (χ3n) is 2.40. The molecule has 0 saturated carbocycles. The van der Waals surface area contributed by atoms with Crippen molar-refractivity contribution in [3.63, 3.8) is 0 Å². The fourth-order valence-electron chi connectivity index (χ4n) is 1.36. The second-order valence-electron chi connectivity index (χ2n) is 5.54. The second kappa shape index (κ2) is 6.40. The molecule has 0 heterocycles. The summed E-state index contributed by atoms with van der Waals surface area (Å²) in [7, 11) is 0. The first kappa shape index (κ1) is 14.5. The van der Waals surface area contributed by atoms with Gasteiger partial charge >= 0.3 is 0 Å². The lowest BCUT2D eigenvalue weighted by Crippen LogP contribution is -2.20. The standard InChI is InChI=1S/C14H22N2O2/c1-14(2,3)7-8-18-10-13(17)16-12-6-4-5-11(15)9-12/h4-6,9H,7-8,10,15H2,1-3H3,(H,16,17). The van der Waals surface area contributed by atoms with Gasteiger partial charge in [-0.3, -0.25) is 4.79 Å². The Morgan fingerprint density at radius 2 is 2.11 bits per heavy atom. The quantitative estimate of drug-likeness (QED) is 0.623. The lowest BCUT2D eigenvalue weighted by atomic mass is 9.93. The Morgan fingerprint density at radius 1 is 1.39 bits per heavy atom. The van der Waals surface area contributed by atoms with Crippen LogP contribution in [0.2, 0.25) is 0 Å². The average Bonchev–Trinajstić information content (AvgIpc) is 2.23. The van der Waals surface area contributed by atoms with Gasteiger partial charge in [-0.25, -0.2) is 0 Å². The predicted octanol–water partition coefficient (Wildman–Crippen LogP) is 2.66. The summed E-state index contributed by atoms with van der Waals surface area (Å²) in [5, 5.41) is 2.74. The van der Waals surface area contributed by atoms with Crippen LogP contribution in [-0.2, 0) is 9.53 Å². The summed E-state index contributed by atoms with van der Waals surface area (Å²) < 4.78 is 5.33. The molecule has 0 fully saturated rings. The molecule has 0 aliphatic heterocycles. The molecule has 0 atom stereocenters. The number of anilines is 2. The number of hydrogen-bond donors (Lipinski definition) is 2. The Kier molecular flexibility index (Phi) is 5.16. The van der Waals surface area contributed by atoms with Gasteiger partial charge in [0.05, 0.1) is 0 Å². The fourth-order valence-corrected chi connectivity index (χ4v) is 1.36. The van der Waals surface area contributed by atoms with E-state index < -0.39 is 0 Å². The Labute approximate surface area is 109 Å². The number of carbonyl (C=O) groups is 1. The van der Waals surface area contributed by atoms with Crippen LogP contribution in [-0.4, -0.2) is 19.1 Å². The zero-order chi connectivity index (χ0) is 13.6. The molecule has 0 spiro atoms. The van der Waals surface area contributed by atoms with E-state index in [9.17, 15) is 4.79 Å². The third-order valence-corrected chi connectivity index (χ3v) is 2.40. The van der Waals surface area contributed by atoms with Gasteiger partial charge in [0.1, 0.15) is 6.61 Å². The molecule has 4 heteroatoms. The maximum absolute atomic E-state index is 11.6. The minimum Gasteiger partial charge on any atom is -0.399 e. The van der Waals surface area contributed by atoms with Crippen LogP contribution in [0.3, 0.4) is 0 Å². The van der Waals surface area contributed by atoms with Crippen LogP contribution >= 0.6 is 0 Å². The maximum Gasteiger partial charge on any atom is 0.250 e. The summed E-state index contributed by atoms with van der Waals surface area (Å²) in [6.45, 7) is 7.09. The monoisotopic (exact) mass is 250 g/mol. The van der Waals surface area contributed by atoms with Gasteiger partial charge in [-0.1, -0.05) is 26.8 Å². The molecule has 0 bridgehead atoms. The Morgan fingerprint density at radius 3 is 2.72 bits per heavy atom. The van der Waals surface area contributed by atoms with E-state index in [2.05, 4.69) is 26.1 Å². The first-order valence-electron chi connectivity index (χ1n) is 6.10. The summed E-state index contributed by atoms with van der Waals surface area (Å²) in [5.41, 5.74) is 7.17. The van der Waals surface area contributed by atoms with E-state index in [1.54, 1.807) is 24.3 Å². The van der Waals surface area contributed by atoms with Crippen molar-refractivity contribution >= 4 is 17.3 Å². The lowest BCUT2D eigenvalue weighted by molar-refractivity contribution is -0.120. The number of amides is 1. The van der Waals surface area contributed by atoms with Crippen LogP contribution in [0.1, 0.15) is 27.2 Å². The molecule has 0 saturated heterocycles. The minimum absolute atomic E-state index is 0.0743. The Bertz CT molecular complexity index is 397. The highest BCUT2D eigenvalue weighted by Crippen LogP contribution is 2.17. The number of rotatable bonds is 5. The molecule has 1 rings (SSSR count). The summed E-state index contributed by atoms with van der Waals surface area (Å²) in [6, 6.07) is 7.08. The highest BCUT2D eigenvalue weighted by Gasteiger charge is 2.10. The van der Waals surface area contributed by atoms with Crippen LogP contribution < -0.4 is 11.1 Å². The topological polar surface area (TPSA) is 64.3 Å². The van der Waals surface area contributed by atoms with Gasteiger partial charge in [-0.15, -0.1) is 0 Å². The van der Waals surface area contributed by atoms with E-state index >= 15 is 0 Å². The van der Waals surface area contributed by atoms with Gasteiger partial charge in [-0.05, 0) is 30.0 Å². The zero-order valence-electron chi connectivity index (χ0n) is 11.3. The maximum atomic E-state index is 11.6. The molecule has 1 aromatic carbocycles. The summed E-state index contributed by atoms with van der Waals surface area (Å²) in [4.78, 5) is 11.6. The van der Waals surface area contributed by atoms with Crippen molar-refractivity contribution in [3.8, 4) is 0 Å². The zero-order valence-corrected chi connectivity index (χ0v) is 11.3. The Hall–Kier alpha value is -1.55. The van der Waals surface area contributed by atoms with Crippen molar-refractivity contribution in [2.45, 2.75) is 27.2 Å². The van der Waals surface area contributed by atoms with Crippen molar-refractivity contribution in [1.82, 2.24) is 0 Å². The Balaban J connectivity index is 2.26. The van der Waals surface area contributed by atoms with Crippen LogP contribution in [0.25, 0.3) is 0 Å². The summed E-state index contributed by atoms with van der Waals surface area (Å²) >= 11 is 0. The van der Waals surface area contributed by atoms with E-state index in [0.29, 0.717) is 18.0 Å². The molecule has 18 heavy (non-hydrogen) atoms. The third kappa shape index (κ3) is 6.25. The first-order valence-corrected chi connectivity index (χ1v) is 6.10. The number of nitrogens with one attached hydrogen (secondary N) is 1. The molecule has 1 aromatic rings. The van der Waals surface area contributed by atoms with E-state index in [-0.39, 0.29) is 17.9 Å². The van der Waals surface area contributed by atoms with E-state index in [1.807, 2.05) is 0 Å². The van der Waals surface area contributed by atoms with Gasteiger partial charge in [0.15, 0.2) is 0 Å². The van der Waals surface area contributed by atoms with Crippen molar-refractivity contribution in [1.29, 1.82) is 0 Å². The molecule has 0 aliphatic rings. The van der Waals surface area contributed by atoms with Crippen molar-refractivity contribution in [2.24, 2.45) is 5.41 Å². The molecule has 100 valence electrons. The SMILES string of the molecule is CC(C)(C)CCOCC(=O)Nc1cccc(N)c1.